The van der Waals surface area contributed by atoms with E-state index in [0.29, 0.717) is 28.4 Å². The Hall–Kier alpha value is -2.88. The van der Waals surface area contributed by atoms with Gasteiger partial charge in [0, 0.05) is 17.1 Å². The van der Waals surface area contributed by atoms with Crippen LogP contribution in [0.15, 0.2) is 82.8 Å². The lowest BCUT2D eigenvalue weighted by Gasteiger charge is -2.24. The SMILES string of the molecule is CCS(=O)(=O)Nc1ccc(C2=NN(S(=O)(=O)c3ccc(Cl)cc3)C(c3ccccc3C)C2)cc1. The molecule has 0 bridgehead atoms. The van der Waals surface area contributed by atoms with Gasteiger partial charge < -0.3 is 0 Å². The molecule has 0 saturated heterocycles. The number of sulfonamides is 2. The molecule has 10 heteroatoms. The first-order chi connectivity index (χ1) is 16.1. The van der Waals surface area contributed by atoms with Crippen LogP contribution in [0.5, 0.6) is 0 Å². The first-order valence-electron chi connectivity index (χ1n) is 10.6. The summed E-state index contributed by atoms with van der Waals surface area (Å²) >= 11 is 5.95. The smallest absolute Gasteiger partial charge is 0.279 e. The van der Waals surface area contributed by atoms with Crippen LogP contribution < -0.4 is 4.72 Å². The molecule has 1 unspecified atom stereocenters. The van der Waals surface area contributed by atoms with Crippen molar-refractivity contribution < 1.29 is 16.8 Å². The van der Waals surface area contributed by atoms with E-state index in [-0.39, 0.29) is 10.6 Å². The van der Waals surface area contributed by atoms with Gasteiger partial charge in [-0.15, -0.1) is 0 Å². The van der Waals surface area contributed by atoms with Gasteiger partial charge in [0.1, 0.15) is 0 Å². The minimum atomic E-state index is -3.95. The Morgan fingerprint density at radius 3 is 2.24 bits per heavy atom. The van der Waals surface area contributed by atoms with Crippen molar-refractivity contribution in [3.8, 4) is 0 Å². The maximum atomic E-state index is 13.6. The monoisotopic (exact) mass is 517 g/mol. The van der Waals surface area contributed by atoms with E-state index in [1.54, 1.807) is 31.2 Å². The summed E-state index contributed by atoms with van der Waals surface area (Å²) in [7, 11) is -7.34. The number of nitrogens with one attached hydrogen (secondary N) is 1. The van der Waals surface area contributed by atoms with E-state index in [2.05, 4.69) is 9.82 Å². The number of halogens is 1. The summed E-state index contributed by atoms with van der Waals surface area (Å²) in [6.07, 6.45) is 0.373. The van der Waals surface area contributed by atoms with Gasteiger partial charge in [0.2, 0.25) is 10.0 Å². The van der Waals surface area contributed by atoms with Crippen molar-refractivity contribution in [1.29, 1.82) is 0 Å². The Labute approximate surface area is 205 Å². The molecular weight excluding hydrogens is 494 g/mol. The second-order valence-corrected chi connectivity index (χ2v) is 12.2. The van der Waals surface area contributed by atoms with Gasteiger partial charge in [-0.2, -0.15) is 17.9 Å². The molecule has 0 fully saturated rings. The number of anilines is 1. The lowest BCUT2D eigenvalue weighted by Crippen LogP contribution is -2.27. The third-order valence-corrected chi connectivity index (χ3v) is 8.90. The van der Waals surface area contributed by atoms with Crippen LogP contribution in [0.25, 0.3) is 0 Å². The Balaban J connectivity index is 1.73. The number of nitrogens with zero attached hydrogens (tertiary/aromatic N) is 2. The summed E-state index contributed by atoms with van der Waals surface area (Å²) in [5.41, 5.74) is 3.57. The summed E-state index contributed by atoms with van der Waals surface area (Å²) in [6.45, 7) is 3.50. The molecule has 7 nitrogen and oxygen atoms in total. The fourth-order valence-corrected chi connectivity index (χ4v) is 5.96. The van der Waals surface area contributed by atoms with E-state index in [0.717, 1.165) is 11.1 Å². The molecule has 0 spiro atoms. The average molecular weight is 518 g/mol. The molecule has 0 radical (unpaired) electrons. The summed E-state index contributed by atoms with van der Waals surface area (Å²) in [5.74, 6) is -0.0307. The van der Waals surface area contributed by atoms with Crippen molar-refractivity contribution in [2.45, 2.75) is 31.2 Å². The van der Waals surface area contributed by atoms with Crippen molar-refractivity contribution in [3.05, 3.63) is 94.5 Å². The van der Waals surface area contributed by atoms with Crippen LogP contribution in [0.4, 0.5) is 5.69 Å². The van der Waals surface area contributed by atoms with Gasteiger partial charge in [-0.1, -0.05) is 48.0 Å². The van der Waals surface area contributed by atoms with Gasteiger partial charge in [-0.3, -0.25) is 4.72 Å². The highest BCUT2D eigenvalue weighted by molar-refractivity contribution is 7.92. The molecule has 0 saturated carbocycles. The van der Waals surface area contributed by atoms with Crippen molar-refractivity contribution in [2.24, 2.45) is 5.10 Å². The van der Waals surface area contributed by atoms with Crippen LogP contribution in [0.2, 0.25) is 5.02 Å². The van der Waals surface area contributed by atoms with Gasteiger partial charge in [0.15, 0.2) is 0 Å². The van der Waals surface area contributed by atoms with Gasteiger partial charge in [-0.05, 0) is 66.9 Å². The number of hydrogen-bond acceptors (Lipinski definition) is 5. The van der Waals surface area contributed by atoms with Crippen LogP contribution in [-0.4, -0.2) is 32.7 Å². The molecule has 1 aliphatic rings. The van der Waals surface area contributed by atoms with E-state index in [1.807, 2.05) is 31.2 Å². The molecule has 0 aromatic heterocycles. The fourth-order valence-electron chi connectivity index (χ4n) is 3.77. The minimum absolute atomic E-state index is 0.0307. The molecule has 4 rings (SSSR count). The highest BCUT2D eigenvalue weighted by Crippen LogP contribution is 2.38. The molecule has 0 aliphatic carbocycles. The molecule has 34 heavy (non-hydrogen) atoms. The predicted molar refractivity (Wildman–Crippen MR) is 135 cm³/mol. The van der Waals surface area contributed by atoms with Crippen molar-refractivity contribution in [2.75, 3.05) is 10.5 Å². The molecule has 178 valence electrons. The molecule has 3 aromatic carbocycles. The third kappa shape index (κ3) is 4.96. The van der Waals surface area contributed by atoms with Crippen LogP contribution in [0.1, 0.15) is 36.1 Å². The molecule has 1 N–H and O–H groups in total. The van der Waals surface area contributed by atoms with Crippen LogP contribution in [0, 0.1) is 6.92 Å². The van der Waals surface area contributed by atoms with Gasteiger partial charge in [0.25, 0.3) is 10.0 Å². The maximum Gasteiger partial charge on any atom is 0.279 e. The summed E-state index contributed by atoms with van der Waals surface area (Å²) in [4.78, 5) is 0.102. The van der Waals surface area contributed by atoms with Gasteiger partial charge in [0.05, 0.1) is 22.4 Å². The topological polar surface area (TPSA) is 95.9 Å². The van der Waals surface area contributed by atoms with Crippen LogP contribution in [0.3, 0.4) is 0 Å². The molecule has 3 aromatic rings. The Morgan fingerprint density at radius 1 is 0.971 bits per heavy atom. The molecular formula is C24H24ClN3O4S2. The standard InChI is InChI=1S/C24H24ClN3O4S2/c1-3-33(29,30)27-20-12-8-18(9-13-20)23-16-24(22-7-5-4-6-17(22)2)28(26-23)34(31,32)21-14-10-19(25)11-15-21/h4-15,24,27H,3,16H2,1-2H3. The minimum Gasteiger partial charge on any atom is -0.284 e. The Morgan fingerprint density at radius 2 is 1.62 bits per heavy atom. The maximum absolute atomic E-state index is 13.6. The number of rotatable bonds is 7. The van der Waals surface area contributed by atoms with Crippen LogP contribution in [-0.2, 0) is 20.0 Å². The summed E-state index contributed by atoms with van der Waals surface area (Å²) in [5, 5.41) is 4.98. The summed E-state index contributed by atoms with van der Waals surface area (Å²) in [6, 6.07) is 19.9. The zero-order valence-corrected chi connectivity index (χ0v) is 21.0. The van der Waals surface area contributed by atoms with Crippen molar-refractivity contribution in [3.63, 3.8) is 0 Å². The quantitative estimate of drug-likeness (QED) is 0.479. The number of aryl methyl sites for hydroxylation is 1. The zero-order valence-electron chi connectivity index (χ0n) is 18.6. The number of benzene rings is 3. The fraction of sp³-hybridized carbons (Fsp3) is 0.208. The first-order valence-corrected chi connectivity index (χ1v) is 14.1. The molecule has 1 atom stereocenters. The largest absolute Gasteiger partial charge is 0.284 e. The highest BCUT2D eigenvalue weighted by atomic mass is 35.5. The third-order valence-electron chi connectivity index (χ3n) is 5.65. The normalized spacial score (nSPS) is 16.4. The highest BCUT2D eigenvalue weighted by Gasteiger charge is 2.38. The van der Waals surface area contributed by atoms with Gasteiger partial charge in [-0.25, -0.2) is 8.42 Å². The lowest BCUT2D eigenvalue weighted by molar-refractivity contribution is 0.370. The van der Waals surface area contributed by atoms with E-state index in [1.165, 1.54) is 28.7 Å². The molecule has 1 heterocycles. The zero-order chi connectivity index (χ0) is 24.5. The van der Waals surface area contributed by atoms with Crippen molar-refractivity contribution >= 4 is 43.0 Å². The number of hydrazone groups is 1. The second kappa shape index (κ2) is 9.40. The van der Waals surface area contributed by atoms with Crippen molar-refractivity contribution in [1.82, 2.24) is 4.41 Å². The van der Waals surface area contributed by atoms with E-state index >= 15 is 0 Å². The van der Waals surface area contributed by atoms with E-state index < -0.39 is 26.1 Å². The summed E-state index contributed by atoms with van der Waals surface area (Å²) < 4.78 is 54.5. The van der Waals surface area contributed by atoms with E-state index in [9.17, 15) is 16.8 Å². The first kappa shape index (κ1) is 24.3. The van der Waals surface area contributed by atoms with E-state index in [4.69, 9.17) is 11.6 Å². The molecule has 0 amide bonds. The Kier molecular flexibility index (Phi) is 6.71. The van der Waals surface area contributed by atoms with Gasteiger partial charge >= 0.3 is 0 Å². The predicted octanol–water partition coefficient (Wildman–Crippen LogP) is 4.95. The number of hydrogen-bond donors (Lipinski definition) is 1. The Bertz CT molecular complexity index is 1440. The lowest BCUT2D eigenvalue weighted by atomic mass is 9.96. The van der Waals surface area contributed by atoms with Crippen LogP contribution >= 0.6 is 11.6 Å². The average Bonchev–Trinajstić information content (AvgIpc) is 3.26. The molecule has 1 aliphatic heterocycles. The second-order valence-electron chi connectivity index (χ2n) is 7.94.